The van der Waals surface area contributed by atoms with Crippen LogP contribution in [0.5, 0.6) is 0 Å². The highest BCUT2D eigenvalue weighted by Crippen LogP contribution is 2.20. The maximum Gasteiger partial charge on any atom is 0.268 e. The van der Waals surface area contributed by atoms with Crippen molar-refractivity contribution < 1.29 is 12.9 Å². The zero-order valence-corrected chi connectivity index (χ0v) is 11.4. The second-order valence-electron chi connectivity index (χ2n) is 4.07. The molecule has 0 saturated carbocycles. The standard InChI is InChI=1S/C10H15N5O3S/c1-3-4-15-6-8(10(11)12-15)19(16,17)14-9-5-7(2)18-13-9/h5-6H,3-4H2,1-2H3,(H2,11,12)(H,13,14). The molecule has 0 aromatic carbocycles. The maximum absolute atomic E-state index is 12.1. The molecule has 0 radical (unpaired) electrons. The molecule has 2 rings (SSSR count). The van der Waals surface area contributed by atoms with Gasteiger partial charge in [-0.2, -0.15) is 5.10 Å². The largest absolute Gasteiger partial charge is 0.381 e. The summed E-state index contributed by atoms with van der Waals surface area (Å²) in [5.74, 6) is 0.577. The first kappa shape index (κ1) is 13.4. The summed E-state index contributed by atoms with van der Waals surface area (Å²) >= 11 is 0. The number of hydrogen-bond donors (Lipinski definition) is 2. The summed E-state index contributed by atoms with van der Waals surface area (Å²) in [5, 5.41) is 7.51. The van der Waals surface area contributed by atoms with E-state index in [4.69, 9.17) is 10.3 Å². The number of hydrogen-bond acceptors (Lipinski definition) is 6. The molecule has 0 spiro atoms. The van der Waals surface area contributed by atoms with Crippen molar-refractivity contribution in [2.75, 3.05) is 10.5 Å². The molecule has 2 heterocycles. The third-order valence-corrected chi connectivity index (χ3v) is 3.74. The lowest BCUT2D eigenvalue weighted by molar-refractivity contribution is 0.400. The Morgan fingerprint density at radius 2 is 2.26 bits per heavy atom. The van der Waals surface area contributed by atoms with Crippen LogP contribution >= 0.6 is 0 Å². The van der Waals surface area contributed by atoms with Crippen LogP contribution in [-0.2, 0) is 16.6 Å². The van der Waals surface area contributed by atoms with E-state index in [9.17, 15) is 8.42 Å². The Bertz CT molecular complexity index is 673. The van der Waals surface area contributed by atoms with Gasteiger partial charge in [0.05, 0.1) is 0 Å². The molecule has 0 amide bonds. The number of nitrogens with zero attached hydrogens (tertiary/aromatic N) is 3. The van der Waals surface area contributed by atoms with E-state index >= 15 is 0 Å². The van der Waals surface area contributed by atoms with Crippen molar-refractivity contribution in [3.63, 3.8) is 0 Å². The molecule has 0 aliphatic heterocycles. The first-order chi connectivity index (χ1) is 8.92. The summed E-state index contributed by atoms with van der Waals surface area (Å²) in [6, 6.07) is 1.48. The van der Waals surface area contributed by atoms with Gasteiger partial charge in [-0.15, -0.1) is 0 Å². The minimum Gasteiger partial charge on any atom is -0.381 e. The minimum absolute atomic E-state index is 0.0406. The predicted molar refractivity (Wildman–Crippen MR) is 69.0 cm³/mol. The molecule has 8 nitrogen and oxygen atoms in total. The third kappa shape index (κ3) is 2.87. The molecule has 0 aliphatic carbocycles. The van der Waals surface area contributed by atoms with Crippen LogP contribution in [0.25, 0.3) is 0 Å². The Kier molecular flexibility index (Phi) is 3.47. The van der Waals surface area contributed by atoms with E-state index in [2.05, 4.69) is 15.0 Å². The van der Waals surface area contributed by atoms with E-state index in [-0.39, 0.29) is 16.5 Å². The van der Waals surface area contributed by atoms with Crippen LogP contribution < -0.4 is 10.5 Å². The highest BCUT2D eigenvalue weighted by atomic mass is 32.2. The van der Waals surface area contributed by atoms with Crippen LogP contribution in [-0.4, -0.2) is 23.4 Å². The van der Waals surface area contributed by atoms with Crippen LogP contribution in [0.2, 0.25) is 0 Å². The Morgan fingerprint density at radius 1 is 1.53 bits per heavy atom. The summed E-state index contributed by atoms with van der Waals surface area (Å²) in [4.78, 5) is -0.0680. The van der Waals surface area contributed by atoms with E-state index in [0.717, 1.165) is 6.42 Å². The van der Waals surface area contributed by atoms with Crippen molar-refractivity contribution in [3.8, 4) is 0 Å². The van der Waals surface area contributed by atoms with Crippen LogP contribution in [0.4, 0.5) is 11.6 Å². The van der Waals surface area contributed by atoms with E-state index in [1.54, 1.807) is 6.92 Å². The molecule has 2 aromatic rings. The quantitative estimate of drug-likeness (QED) is 0.845. The lowest BCUT2D eigenvalue weighted by Crippen LogP contribution is -2.14. The summed E-state index contributed by atoms with van der Waals surface area (Å²) < 4.78 is 32.8. The van der Waals surface area contributed by atoms with Crippen molar-refractivity contribution in [1.82, 2.24) is 14.9 Å². The fourth-order valence-electron chi connectivity index (χ4n) is 1.58. The van der Waals surface area contributed by atoms with Gasteiger partial charge in [0.2, 0.25) is 0 Å². The summed E-state index contributed by atoms with van der Waals surface area (Å²) in [7, 11) is -3.81. The normalized spacial score (nSPS) is 11.7. The number of rotatable bonds is 5. The lowest BCUT2D eigenvalue weighted by atomic mass is 10.5. The van der Waals surface area contributed by atoms with Crippen molar-refractivity contribution >= 4 is 21.7 Å². The van der Waals surface area contributed by atoms with Gasteiger partial charge in [-0.05, 0) is 13.3 Å². The van der Waals surface area contributed by atoms with Gasteiger partial charge in [0.1, 0.15) is 10.7 Å². The van der Waals surface area contributed by atoms with Gasteiger partial charge in [-0.1, -0.05) is 12.1 Å². The van der Waals surface area contributed by atoms with Gasteiger partial charge in [-0.3, -0.25) is 9.40 Å². The van der Waals surface area contributed by atoms with E-state index in [0.29, 0.717) is 12.3 Å². The summed E-state index contributed by atoms with van der Waals surface area (Å²) in [5.41, 5.74) is 5.62. The SMILES string of the molecule is CCCn1cc(S(=O)(=O)Nc2cc(C)on2)c(N)n1. The van der Waals surface area contributed by atoms with E-state index < -0.39 is 10.0 Å². The number of aryl methyl sites for hydroxylation is 2. The fourth-order valence-corrected chi connectivity index (χ4v) is 2.63. The van der Waals surface area contributed by atoms with E-state index in [1.165, 1.54) is 16.9 Å². The van der Waals surface area contributed by atoms with Gasteiger partial charge in [0.15, 0.2) is 11.6 Å². The molecule has 0 fully saturated rings. The van der Waals surface area contributed by atoms with Gasteiger partial charge in [-0.25, -0.2) is 8.42 Å². The molecule has 0 saturated heterocycles. The van der Waals surface area contributed by atoms with Crippen LogP contribution in [0.3, 0.4) is 0 Å². The second-order valence-corrected chi connectivity index (χ2v) is 5.72. The topological polar surface area (TPSA) is 116 Å². The maximum atomic E-state index is 12.1. The number of nitrogens with two attached hydrogens (primary N) is 1. The Hall–Kier alpha value is -2.03. The lowest BCUT2D eigenvalue weighted by Gasteiger charge is -2.02. The molecule has 0 aliphatic rings. The smallest absolute Gasteiger partial charge is 0.268 e. The minimum atomic E-state index is -3.81. The molecule has 0 bridgehead atoms. The first-order valence-electron chi connectivity index (χ1n) is 5.71. The van der Waals surface area contributed by atoms with Crippen molar-refractivity contribution in [2.24, 2.45) is 0 Å². The molecule has 9 heteroatoms. The number of aromatic nitrogens is 3. The summed E-state index contributed by atoms with van der Waals surface area (Å²) in [6.45, 7) is 4.23. The number of sulfonamides is 1. The molecule has 3 N–H and O–H groups in total. The predicted octanol–water partition coefficient (Wildman–Crippen LogP) is 0.973. The molecular weight excluding hydrogens is 270 g/mol. The van der Waals surface area contributed by atoms with Crippen LogP contribution in [0.15, 0.2) is 21.7 Å². The molecular formula is C10H15N5O3S. The highest BCUT2D eigenvalue weighted by Gasteiger charge is 2.22. The number of nitrogens with one attached hydrogen (secondary N) is 1. The number of anilines is 2. The third-order valence-electron chi connectivity index (χ3n) is 2.36. The zero-order valence-electron chi connectivity index (χ0n) is 10.6. The average molecular weight is 285 g/mol. The Morgan fingerprint density at radius 3 is 2.84 bits per heavy atom. The van der Waals surface area contributed by atoms with Crippen molar-refractivity contribution in [3.05, 3.63) is 18.0 Å². The fraction of sp³-hybridized carbons (Fsp3) is 0.400. The van der Waals surface area contributed by atoms with Gasteiger partial charge in [0, 0.05) is 18.8 Å². The molecule has 2 aromatic heterocycles. The van der Waals surface area contributed by atoms with Crippen LogP contribution in [0, 0.1) is 6.92 Å². The first-order valence-corrected chi connectivity index (χ1v) is 7.19. The number of nitrogen functional groups attached to an aromatic ring is 1. The van der Waals surface area contributed by atoms with Gasteiger partial charge in [0.25, 0.3) is 10.0 Å². The monoisotopic (exact) mass is 285 g/mol. The van der Waals surface area contributed by atoms with E-state index in [1.807, 2.05) is 6.92 Å². The molecule has 19 heavy (non-hydrogen) atoms. The highest BCUT2D eigenvalue weighted by molar-refractivity contribution is 7.92. The molecule has 104 valence electrons. The average Bonchev–Trinajstić information content (AvgIpc) is 2.86. The Labute approximate surface area is 110 Å². The molecule has 0 unspecified atom stereocenters. The second kappa shape index (κ2) is 4.92. The van der Waals surface area contributed by atoms with Gasteiger partial charge >= 0.3 is 0 Å². The summed E-state index contributed by atoms with van der Waals surface area (Å²) in [6.07, 6.45) is 2.23. The van der Waals surface area contributed by atoms with Crippen molar-refractivity contribution in [1.29, 1.82) is 0 Å². The molecule has 0 atom stereocenters. The van der Waals surface area contributed by atoms with Crippen molar-refractivity contribution in [2.45, 2.75) is 31.7 Å². The zero-order chi connectivity index (χ0) is 14.0. The van der Waals surface area contributed by atoms with Crippen LogP contribution in [0.1, 0.15) is 19.1 Å². The Balaban J connectivity index is 2.28. The van der Waals surface area contributed by atoms with Gasteiger partial charge < -0.3 is 10.3 Å².